The molecule has 1 rings (SSSR count). The second kappa shape index (κ2) is 7.24. The summed E-state index contributed by atoms with van der Waals surface area (Å²) in [5.41, 5.74) is 0. The maximum Gasteiger partial charge on any atom is 0.0104 e. The fourth-order valence-corrected chi connectivity index (χ4v) is 2.29. The Morgan fingerprint density at radius 3 is 2.50 bits per heavy atom. The number of rotatable bonds is 6. The molecule has 0 heterocycles. The molecule has 2 nitrogen and oxygen atoms in total. The third kappa shape index (κ3) is 4.97. The van der Waals surface area contributed by atoms with Gasteiger partial charge in [-0.15, -0.1) is 0 Å². The van der Waals surface area contributed by atoms with Gasteiger partial charge >= 0.3 is 0 Å². The Balaban J connectivity index is 2.00. The monoisotopic (exact) mass is 198 g/mol. The molecular weight excluding hydrogens is 172 g/mol. The van der Waals surface area contributed by atoms with E-state index in [0.717, 1.165) is 12.5 Å². The van der Waals surface area contributed by atoms with Gasteiger partial charge in [0.25, 0.3) is 0 Å². The third-order valence-corrected chi connectivity index (χ3v) is 3.39. The summed E-state index contributed by atoms with van der Waals surface area (Å²) < 4.78 is 0. The van der Waals surface area contributed by atoms with Crippen molar-refractivity contribution in [3.8, 4) is 0 Å². The van der Waals surface area contributed by atoms with Crippen molar-refractivity contribution in [1.29, 1.82) is 0 Å². The van der Waals surface area contributed by atoms with Crippen LogP contribution < -0.4 is 5.32 Å². The summed E-state index contributed by atoms with van der Waals surface area (Å²) in [4.78, 5) is 2.45. The van der Waals surface area contributed by atoms with E-state index in [1.165, 1.54) is 51.6 Å². The summed E-state index contributed by atoms with van der Waals surface area (Å²) in [6.45, 7) is 3.58. The number of likely N-dealkylation sites (N-methyl/N-ethyl adjacent to an activating group) is 2. The van der Waals surface area contributed by atoms with Crippen molar-refractivity contribution < 1.29 is 0 Å². The molecule has 0 bridgehead atoms. The van der Waals surface area contributed by atoms with Gasteiger partial charge in [-0.1, -0.05) is 32.1 Å². The largest absolute Gasteiger partial charge is 0.318 e. The molecule has 0 radical (unpaired) electrons. The van der Waals surface area contributed by atoms with E-state index in [2.05, 4.69) is 17.3 Å². The zero-order chi connectivity index (χ0) is 10.2. The molecule has 2 heteroatoms. The zero-order valence-electron chi connectivity index (χ0n) is 9.89. The fourth-order valence-electron chi connectivity index (χ4n) is 2.29. The predicted molar refractivity (Wildman–Crippen MR) is 62.6 cm³/mol. The molecule has 0 aromatic carbocycles. The lowest BCUT2D eigenvalue weighted by molar-refractivity contribution is 0.266. The number of nitrogens with one attached hydrogen (secondary N) is 1. The van der Waals surface area contributed by atoms with Crippen LogP contribution in [0.5, 0.6) is 0 Å². The van der Waals surface area contributed by atoms with Crippen molar-refractivity contribution in [3.05, 3.63) is 0 Å². The van der Waals surface area contributed by atoms with Crippen LogP contribution in [0.2, 0.25) is 0 Å². The standard InChI is InChI=1S/C12H26N2/c1-13-9-11-14(2)10-8-12-6-4-3-5-7-12/h12-13H,3-11H2,1-2H3. The fraction of sp³-hybridized carbons (Fsp3) is 1.00. The Morgan fingerprint density at radius 1 is 1.14 bits per heavy atom. The summed E-state index contributed by atoms with van der Waals surface area (Å²) >= 11 is 0. The smallest absolute Gasteiger partial charge is 0.0104 e. The maximum atomic E-state index is 3.19. The van der Waals surface area contributed by atoms with Gasteiger partial charge in [0.1, 0.15) is 0 Å². The quantitative estimate of drug-likeness (QED) is 0.703. The number of hydrogen-bond acceptors (Lipinski definition) is 2. The molecule has 0 aliphatic heterocycles. The first kappa shape index (κ1) is 12.0. The molecule has 0 saturated heterocycles. The SMILES string of the molecule is CNCCN(C)CCC1CCCCC1. The molecule has 1 saturated carbocycles. The topological polar surface area (TPSA) is 15.3 Å². The van der Waals surface area contributed by atoms with Crippen LogP contribution in [0.25, 0.3) is 0 Å². The van der Waals surface area contributed by atoms with E-state index in [1.807, 2.05) is 7.05 Å². The average Bonchev–Trinajstić information content (AvgIpc) is 2.25. The summed E-state index contributed by atoms with van der Waals surface area (Å²) in [5.74, 6) is 1.03. The molecule has 0 atom stereocenters. The molecule has 1 aliphatic rings. The average molecular weight is 198 g/mol. The first-order valence-corrected chi connectivity index (χ1v) is 6.16. The minimum atomic E-state index is 1.03. The van der Waals surface area contributed by atoms with Gasteiger partial charge in [-0.25, -0.2) is 0 Å². The van der Waals surface area contributed by atoms with E-state index in [1.54, 1.807) is 0 Å². The molecule has 1 N–H and O–H groups in total. The normalized spacial score (nSPS) is 19.1. The Hall–Kier alpha value is -0.0800. The van der Waals surface area contributed by atoms with Crippen LogP contribution in [-0.2, 0) is 0 Å². The van der Waals surface area contributed by atoms with Crippen molar-refractivity contribution in [3.63, 3.8) is 0 Å². The highest BCUT2D eigenvalue weighted by molar-refractivity contribution is 4.67. The highest BCUT2D eigenvalue weighted by Gasteiger charge is 2.13. The molecule has 1 fully saturated rings. The van der Waals surface area contributed by atoms with Crippen molar-refractivity contribution in [2.75, 3.05) is 33.7 Å². The third-order valence-electron chi connectivity index (χ3n) is 3.39. The van der Waals surface area contributed by atoms with Crippen molar-refractivity contribution in [2.45, 2.75) is 38.5 Å². The zero-order valence-corrected chi connectivity index (χ0v) is 9.89. The number of nitrogens with zero attached hydrogens (tertiary/aromatic N) is 1. The van der Waals surface area contributed by atoms with Crippen molar-refractivity contribution in [2.24, 2.45) is 5.92 Å². The molecule has 0 spiro atoms. The Kier molecular flexibility index (Phi) is 6.20. The van der Waals surface area contributed by atoms with Gasteiger partial charge in [-0.2, -0.15) is 0 Å². The van der Waals surface area contributed by atoms with E-state index >= 15 is 0 Å². The summed E-state index contributed by atoms with van der Waals surface area (Å²) in [7, 11) is 4.26. The minimum absolute atomic E-state index is 1.03. The molecule has 0 aromatic rings. The Morgan fingerprint density at radius 2 is 1.86 bits per heavy atom. The molecule has 14 heavy (non-hydrogen) atoms. The Labute approximate surface area is 89.1 Å². The van der Waals surface area contributed by atoms with E-state index < -0.39 is 0 Å². The van der Waals surface area contributed by atoms with Gasteiger partial charge in [0, 0.05) is 13.1 Å². The molecule has 0 amide bonds. The first-order valence-electron chi connectivity index (χ1n) is 6.16. The van der Waals surface area contributed by atoms with Crippen molar-refractivity contribution in [1.82, 2.24) is 10.2 Å². The van der Waals surface area contributed by atoms with Crippen LogP contribution in [0, 0.1) is 5.92 Å². The molecule has 1 aliphatic carbocycles. The molecule has 0 aromatic heterocycles. The molecule has 0 unspecified atom stereocenters. The van der Waals surface area contributed by atoms with E-state index in [9.17, 15) is 0 Å². The van der Waals surface area contributed by atoms with Crippen LogP contribution in [0.4, 0.5) is 0 Å². The minimum Gasteiger partial charge on any atom is -0.318 e. The lowest BCUT2D eigenvalue weighted by atomic mass is 9.87. The first-order chi connectivity index (χ1) is 6.83. The van der Waals surface area contributed by atoms with E-state index in [0.29, 0.717) is 0 Å². The van der Waals surface area contributed by atoms with Crippen LogP contribution in [0.15, 0.2) is 0 Å². The van der Waals surface area contributed by atoms with Gasteiger partial charge in [0.05, 0.1) is 0 Å². The predicted octanol–water partition coefficient (Wildman–Crippen LogP) is 2.11. The summed E-state index contributed by atoms with van der Waals surface area (Å²) in [6, 6.07) is 0. The summed E-state index contributed by atoms with van der Waals surface area (Å²) in [6.07, 6.45) is 8.82. The lowest BCUT2D eigenvalue weighted by Gasteiger charge is -2.24. The summed E-state index contributed by atoms with van der Waals surface area (Å²) in [5, 5.41) is 3.19. The van der Waals surface area contributed by atoms with E-state index in [-0.39, 0.29) is 0 Å². The van der Waals surface area contributed by atoms with Gasteiger partial charge in [-0.3, -0.25) is 0 Å². The highest BCUT2D eigenvalue weighted by atomic mass is 15.1. The van der Waals surface area contributed by atoms with Gasteiger partial charge < -0.3 is 10.2 Å². The van der Waals surface area contributed by atoms with Crippen LogP contribution in [-0.4, -0.2) is 38.6 Å². The maximum absolute atomic E-state index is 3.19. The molecular formula is C12H26N2. The molecule has 84 valence electrons. The highest BCUT2D eigenvalue weighted by Crippen LogP contribution is 2.26. The second-order valence-corrected chi connectivity index (χ2v) is 4.70. The second-order valence-electron chi connectivity index (χ2n) is 4.70. The van der Waals surface area contributed by atoms with Gasteiger partial charge in [-0.05, 0) is 33.0 Å². The number of hydrogen-bond donors (Lipinski definition) is 1. The Bertz CT molecular complexity index is 130. The van der Waals surface area contributed by atoms with Crippen molar-refractivity contribution >= 4 is 0 Å². The van der Waals surface area contributed by atoms with Crippen LogP contribution in [0.3, 0.4) is 0 Å². The van der Waals surface area contributed by atoms with Crippen LogP contribution >= 0.6 is 0 Å². The van der Waals surface area contributed by atoms with Gasteiger partial charge in [0.2, 0.25) is 0 Å². The lowest BCUT2D eigenvalue weighted by Crippen LogP contribution is -2.29. The van der Waals surface area contributed by atoms with Crippen LogP contribution in [0.1, 0.15) is 38.5 Å². The van der Waals surface area contributed by atoms with Gasteiger partial charge in [0.15, 0.2) is 0 Å². The van der Waals surface area contributed by atoms with E-state index in [4.69, 9.17) is 0 Å².